The molecule has 0 saturated heterocycles. The summed E-state index contributed by atoms with van der Waals surface area (Å²) in [7, 11) is 0. The molecular formula is C13H20N4O. The fraction of sp³-hybridized carbons (Fsp3) is 0.462. The second kappa shape index (κ2) is 5.37. The highest BCUT2D eigenvalue weighted by Gasteiger charge is 2.18. The van der Waals surface area contributed by atoms with Crippen molar-refractivity contribution in [3.8, 4) is 0 Å². The third-order valence-electron chi connectivity index (χ3n) is 3.12. The number of rotatable bonds is 5. The summed E-state index contributed by atoms with van der Waals surface area (Å²) in [5.41, 5.74) is 6.12. The SMILES string of the molecule is CCn1nc(C)cc1CC(NN)c1occc1C. The van der Waals surface area contributed by atoms with Gasteiger partial charge in [-0.3, -0.25) is 10.5 Å². The Morgan fingerprint density at radius 2 is 2.28 bits per heavy atom. The first-order chi connectivity index (χ1) is 8.65. The minimum atomic E-state index is -0.0265. The predicted octanol–water partition coefficient (Wildman–Crippen LogP) is 1.86. The Morgan fingerprint density at radius 3 is 2.83 bits per heavy atom. The maximum atomic E-state index is 5.64. The van der Waals surface area contributed by atoms with E-state index in [4.69, 9.17) is 10.3 Å². The molecule has 0 saturated carbocycles. The lowest BCUT2D eigenvalue weighted by molar-refractivity contribution is 0.405. The van der Waals surface area contributed by atoms with Gasteiger partial charge in [-0.2, -0.15) is 5.10 Å². The topological polar surface area (TPSA) is 69.0 Å². The molecule has 0 spiro atoms. The zero-order valence-electron chi connectivity index (χ0n) is 11.1. The van der Waals surface area contributed by atoms with E-state index >= 15 is 0 Å². The number of hydrogen-bond acceptors (Lipinski definition) is 4. The van der Waals surface area contributed by atoms with E-state index in [1.165, 1.54) is 0 Å². The number of aryl methyl sites for hydroxylation is 3. The second-order valence-electron chi connectivity index (χ2n) is 4.48. The Kier molecular flexibility index (Phi) is 3.84. The maximum absolute atomic E-state index is 5.64. The van der Waals surface area contributed by atoms with E-state index in [2.05, 4.69) is 23.5 Å². The van der Waals surface area contributed by atoms with Gasteiger partial charge in [-0.15, -0.1) is 0 Å². The van der Waals surface area contributed by atoms with Crippen molar-refractivity contribution in [3.63, 3.8) is 0 Å². The summed E-state index contributed by atoms with van der Waals surface area (Å²) >= 11 is 0. The first-order valence-corrected chi connectivity index (χ1v) is 6.19. The summed E-state index contributed by atoms with van der Waals surface area (Å²) in [6, 6.07) is 4.01. The van der Waals surface area contributed by atoms with Gasteiger partial charge in [0.15, 0.2) is 0 Å². The lowest BCUT2D eigenvalue weighted by Crippen LogP contribution is -2.30. The van der Waals surface area contributed by atoms with Gasteiger partial charge in [0.05, 0.1) is 18.0 Å². The fourth-order valence-corrected chi connectivity index (χ4v) is 2.22. The van der Waals surface area contributed by atoms with Crippen molar-refractivity contribution in [1.82, 2.24) is 15.2 Å². The van der Waals surface area contributed by atoms with E-state index in [9.17, 15) is 0 Å². The van der Waals surface area contributed by atoms with Gasteiger partial charge in [0.2, 0.25) is 0 Å². The molecule has 2 aromatic rings. The van der Waals surface area contributed by atoms with Gasteiger partial charge in [-0.25, -0.2) is 5.43 Å². The van der Waals surface area contributed by atoms with Crippen LogP contribution in [0.25, 0.3) is 0 Å². The molecule has 98 valence electrons. The van der Waals surface area contributed by atoms with E-state index in [1.54, 1.807) is 6.26 Å². The van der Waals surface area contributed by atoms with E-state index < -0.39 is 0 Å². The summed E-state index contributed by atoms with van der Waals surface area (Å²) < 4.78 is 7.50. The van der Waals surface area contributed by atoms with E-state index in [0.717, 1.165) is 35.7 Å². The average Bonchev–Trinajstić information content (AvgIpc) is 2.92. The van der Waals surface area contributed by atoms with Crippen LogP contribution in [0, 0.1) is 13.8 Å². The van der Waals surface area contributed by atoms with Crippen molar-refractivity contribution < 1.29 is 4.42 Å². The van der Waals surface area contributed by atoms with Gasteiger partial charge < -0.3 is 4.42 Å². The largest absolute Gasteiger partial charge is 0.467 e. The van der Waals surface area contributed by atoms with Crippen LogP contribution in [0.2, 0.25) is 0 Å². The van der Waals surface area contributed by atoms with E-state index in [-0.39, 0.29) is 6.04 Å². The summed E-state index contributed by atoms with van der Waals surface area (Å²) in [6.45, 7) is 6.96. The molecule has 18 heavy (non-hydrogen) atoms. The minimum absolute atomic E-state index is 0.0265. The number of hydrogen-bond donors (Lipinski definition) is 2. The Bertz CT molecular complexity index is 515. The lowest BCUT2D eigenvalue weighted by Gasteiger charge is -2.15. The second-order valence-corrected chi connectivity index (χ2v) is 4.48. The molecule has 0 aliphatic heterocycles. The van der Waals surface area contributed by atoms with Crippen LogP contribution in [0.4, 0.5) is 0 Å². The van der Waals surface area contributed by atoms with Crippen LogP contribution in [-0.4, -0.2) is 9.78 Å². The third kappa shape index (κ3) is 2.47. The van der Waals surface area contributed by atoms with E-state index in [0.29, 0.717) is 0 Å². The van der Waals surface area contributed by atoms with Crippen molar-refractivity contribution in [2.75, 3.05) is 0 Å². The Morgan fingerprint density at radius 1 is 1.50 bits per heavy atom. The molecular weight excluding hydrogens is 228 g/mol. The van der Waals surface area contributed by atoms with Gasteiger partial charge in [0.1, 0.15) is 5.76 Å². The van der Waals surface area contributed by atoms with Gasteiger partial charge >= 0.3 is 0 Å². The van der Waals surface area contributed by atoms with Crippen molar-refractivity contribution in [2.45, 2.75) is 39.8 Å². The number of furan rings is 1. The molecule has 2 rings (SSSR count). The Hall–Kier alpha value is -1.59. The fourth-order valence-electron chi connectivity index (χ4n) is 2.22. The molecule has 0 aromatic carbocycles. The third-order valence-corrected chi connectivity index (χ3v) is 3.12. The van der Waals surface area contributed by atoms with Crippen molar-refractivity contribution in [3.05, 3.63) is 41.1 Å². The molecule has 5 heteroatoms. The average molecular weight is 248 g/mol. The molecule has 1 atom stereocenters. The van der Waals surface area contributed by atoms with Crippen molar-refractivity contribution in [1.29, 1.82) is 0 Å². The molecule has 0 fully saturated rings. The van der Waals surface area contributed by atoms with Crippen LogP contribution in [0.15, 0.2) is 22.8 Å². The number of nitrogens with one attached hydrogen (secondary N) is 1. The van der Waals surface area contributed by atoms with Crippen LogP contribution in [0.3, 0.4) is 0 Å². The number of aromatic nitrogens is 2. The van der Waals surface area contributed by atoms with Crippen LogP contribution in [0.1, 0.15) is 35.7 Å². The van der Waals surface area contributed by atoms with Gasteiger partial charge in [0.25, 0.3) is 0 Å². The summed E-state index contributed by atoms with van der Waals surface area (Å²) in [6.07, 6.45) is 2.46. The molecule has 0 bridgehead atoms. The number of hydrazine groups is 1. The highest BCUT2D eigenvalue weighted by atomic mass is 16.3. The minimum Gasteiger partial charge on any atom is -0.467 e. The maximum Gasteiger partial charge on any atom is 0.125 e. The quantitative estimate of drug-likeness (QED) is 0.626. The summed E-state index contributed by atoms with van der Waals surface area (Å²) in [4.78, 5) is 0. The first-order valence-electron chi connectivity index (χ1n) is 6.19. The Labute approximate surface area is 107 Å². The number of nitrogens with zero attached hydrogens (tertiary/aromatic N) is 2. The molecule has 2 aromatic heterocycles. The normalized spacial score (nSPS) is 12.9. The zero-order chi connectivity index (χ0) is 13.1. The van der Waals surface area contributed by atoms with Crippen LogP contribution in [0.5, 0.6) is 0 Å². The van der Waals surface area contributed by atoms with Crippen LogP contribution >= 0.6 is 0 Å². The lowest BCUT2D eigenvalue weighted by atomic mass is 10.1. The molecule has 5 nitrogen and oxygen atoms in total. The molecule has 0 aliphatic rings. The van der Waals surface area contributed by atoms with Crippen molar-refractivity contribution >= 4 is 0 Å². The van der Waals surface area contributed by atoms with Gasteiger partial charge in [0, 0.05) is 18.7 Å². The zero-order valence-corrected chi connectivity index (χ0v) is 11.1. The van der Waals surface area contributed by atoms with E-state index in [1.807, 2.05) is 24.6 Å². The monoisotopic (exact) mass is 248 g/mol. The first kappa shape index (κ1) is 12.9. The molecule has 2 heterocycles. The van der Waals surface area contributed by atoms with Gasteiger partial charge in [-0.1, -0.05) is 0 Å². The highest BCUT2D eigenvalue weighted by molar-refractivity contribution is 5.21. The predicted molar refractivity (Wildman–Crippen MR) is 69.9 cm³/mol. The van der Waals surface area contributed by atoms with Gasteiger partial charge in [-0.05, 0) is 38.5 Å². The summed E-state index contributed by atoms with van der Waals surface area (Å²) in [5, 5.41) is 4.44. The summed E-state index contributed by atoms with van der Waals surface area (Å²) in [5.74, 6) is 6.53. The van der Waals surface area contributed by atoms with Crippen molar-refractivity contribution in [2.24, 2.45) is 5.84 Å². The van der Waals surface area contributed by atoms with Crippen LogP contribution in [-0.2, 0) is 13.0 Å². The molecule has 0 radical (unpaired) electrons. The molecule has 0 aliphatic carbocycles. The molecule has 3 N–H and O–H groups in total. The van der Waals surface area contributed by atoms with Crippen LogP contribution < -0.4 is 11.3 Å². The standard InChI is InChI=1S/C13H20N4O/c1-4-17-11(7-10(3)16-17)8-12(15-14)13-9(2)5-6-18-13/h5-7,12,15H,4,8,14H2,1-3H3. The smallest absolute Gasteiger partial charge is 0.125 e. The molecule has 0 amide bonds. The highest BCUT2D eigenvalue weighted by Crippen LogP contribution is 2.22. The number of nitrogens with two attached hydrogens (primary N) is 1. The molecule has 1 unspecified atom stereocenters. The Balaban J connectivity index is 2.23.